The van der Waals surface area contributed by atoms with E-state index in [-0.39, 0.29) is 5.91 Å². The van der Waals surface area contributed by atoms with Crippen LogP contribution in [0.5, 0.6) is 5.75 Å². The highest BCUT2D eigenvalue weighted by atomic mass is 16.5. The lowest BCUT2D eigenvalue weighted by Gasteiger charge is -2.16. The number of ether oxygens (including phenoxy) is 1. The Morgan fingerprint density at radius 3 is 2.41 bits per heavy atom. The fraction of sp³-hybridized carbons (Fsp3) is 0.278. The lowest BCUT2D eigenvalue weighted by molar-refractivity contribution is -0.117. The van der Waals surface area contributed by atoms with Gasteiger partial charge in [0.1, 0.15) is 5.75 Å². The molecule has 0 atom stereocenters. The van der Waals surface area contributed by atoms with Crippen molar-refractivity contribution in [2.24, 2.45) is 0 Å². The lowest BCUT2D eigenvalue weighted by Crippen LogP contribution is -2.29. The Balaban J connectivity index is 1.81. The first-order valence-corrected chi connectivity index (χ1v) is 7.42. The number of nitrogens with one attached hydrogen (secondary N) is 1. The Kier molecular flexibility index (Phi) is 5.98. The van der Waals surface area contributed by atoms with Gasteiger partial charge in [0, 0.05) is 12.2 Å². The molecular formula is C18H22N2O2. The van der Waals surface area contributed by atoms with Crippen molar-refractivity contribution >= 4 is 11.6 Å². The highest BCUT2D eigenvalue weighted by Gasteiger charge is 2.07. The molecule has 116 valence electrons. The van der Waals surface area contributed by atoms with E-state index in [2.05, 4.69) is 5.32 Å². The molecule has 22 heavy (non-hydrogen) atoms. The minimum absolute atomic E-state index is 0.0142. The maximum absolute atomic E-state index is 12.0. The monoisotopic (exact) mass is 298 g/mol. The zero-order valence-electron chi connectivity index (χ0n) is 13.1. The van der Waals surface area contributed by atoms with Gasteiger partial charge in [-0.25, -0.2) is 0 Å². The predicted octanol–water partition coefficient (Wildman–Crippen LogP) is 3.16. The van der Waals surface area contributed by atoms with Crippen LogP contribution in [-0.2, 0) is 11.3 Å². The molecule has 0 spiro atoms. The van der Waals surface area contributed by atoms with E-state index in [0.717, 1.165) is 17.0 Å². The summed E-state index contributed by atoms with van der Waals surface area (Å²) in [5.41, 5.74) is 1.97. The number of carbonyl (C=O) groups excluding carboxylic acids is 1. The molecule has 0 aliphatic heterocycles. The second-order valence-electron chi connectivity index (χ2n) is 5.16. The van der Waals surface area contributed by atoms with E-state index in [1.165, 1.54) is 0 Å². The van der Waals surface area contributed by atoms with Crippen LogP contribution in [0.1, 0.15) is 12.5 Å². The number of hydrogen-bond acceptors (Lipinski definition) is 3. The van der Waals surface area contributed by atoms with E-state index in [9.17, 15) is 4.79 Å². The summed E-state index contributed by atoms with van der Waals surface area (Å²) < 4.78 is 5.42. The molecule has 0 saturated heterocycles. The molecule has 0 aliphatic rings. The lowest BCUT2D eigenvalue weighted by atomic mass is 10.2. The summed E-state index contributed by atoms with van der Waals surface area (Å²) >= 11 is 0. The van der Waals surface area contributed by atoms with Gasteiger partial charge in [-0.3, -0.25) is 9.69 Å². The Bertz CT molecular complexity index is 582. The van der Waals surface area contributed by atoms with Crippen molar-refractivity contribution in [2.75, 3.05) is 25.5 Å². The Labute approximate surface area is 131 Å². The van der Waals surface area contributed by atoms with Crippen molar-refractivity contribution in [2.45, 2.75) is 13.5 Å². The maximum atomic E-state index is 12.0. The fourth-order valence-corrected chi connectivity index (χ4v) is 2.19. The smallest absolute Gasteiger partial charge is 0.238 e. The average Bonchev–Trinajstić information content (AvgIpc) is 2.50. The number of hydrogen-bond donors (Lipinski definition) is 1. The number of amides is 1. The summed E-state index contributed by atoms with van der Waals surface area (Å²) in [7, 11) is 1.93. The Morgan fingerprint density at radius 1 is 1.09 bits per heavy atom. The predicted molar refractivity (Wildman–Crippen MR) is 89.0 cm³/mol. The summed E-state index contributed by atoms with van der Waals surface area (Å²) in [6.07, 6.45) is 0. The second kappa shape index (κ2) is 8.20. The number of likely N-dealkylation sites (N-methyl/N-ethyl adjacent to an activating group) is 1. The number of benzene rings is 2. The highest BCUT2D eigenvalue weighted by Crippen LogP contribution is 2.13. The molecule has 2 aromatic rings. The second-order valence-corrected chi connectivity index (χ2v) is 5.16. The first kappa shape index (κ1) is 16.0. The van der Waals surface area contributed by atoms with E-state index < -0.39 is 0 Å². The van der Waals surface area contributed by atoms with Gasteiger partial charge in [0.05, 0.1) is 13.2 Å². The van der Waals surface area contributed by atoms with Crippen molar-refractivity contribution in [3.05, 3.63) is 60.2 Å². The topological polar surface area (TPSA) is 41.6 Å². The normalized spacial score (nSPS) is 10.5. The van der Waals surface area contributed by atoms with Gasteiger partial charge in [-0.05, 0) is 43.8 Å². The summed E-state index contributed by atoms with van der Waals surface area (Å²) in [6, 6.07) is 17.4. The van der Waals surface area contributed by atoms with Gasteiger partial charge in [-0.15, -0.1) is 0 Å². The first-order chi connectivity index (χ1) is 10.7. The number of nitrogens with zero attached hydrogens (tertiary/aromatic N) is 1. The van der Waals surface area contributed by atoms with Crippen LogP contribution in [0.2, 0.25) is 0 Å². The molecule has 0 aromatic heterocycles. The summed E-state index contributed by atoms with van der Waals surface area (Å²) in [4.78, 5) is 14.0. The van der Waals surface area contributed by atoms with Crippen molar-refractivity contribution in [1.82, 2.24) is 4.90 Å². The third-order valence-corrected chi connectivity index (χ3v) is 3.16. The van der Waals surface area contributed by atoms with Crippen LogP contribution in [0.3, 0.4) is 0 Å². The van der Waals surface area contributed by atoms with Crippen molar-refractivity contribution in [3.63, 3.8) is 0 Å². The minimum atomic E-state index is -0.0142. The molecule has 0 fully saturated rings. The van der Waals surface area contributed by atoms with Crippen molar-refractivity contribution in [3.8, 4) is 5.75 Å². The van der Waals surface area contributed by atoms with E-state index in [0.29, 0.717) is 19.7 Å². The van der Waals surface area contributed by atoms with Gasteiger partial charge >= 0.3 is 0 Å². The van der Waals surface area contributed by atoms with Gasteiger partial charge < -0.3 is 10.1 Å². The molecule has 0 heterocycles. The molecule has 4 nitrogen and oxygen atoms in total. The fourth-order valence-electron chi connectivity index (χ4n) is 2.19. The van der Waals surface area contributed by atoms with Gasteiger partial charge in [-0.1, -0.05) is 30.3 Å². The van der Waals surface area contributed by atoms with Crippen molar-refractivity contribution in [1.29, 1.82) is 0 Å². The number of anilines is 1. The Morgan fingerprint density at radius 2 is 1.77 bits per heavy atom. The SMILES string of the molecule is CCOc1ccc(CN(C)CC(=O)Nc2ccccc2)cc1. The van der Waals surface area contributed by atoms with Crippen molar-refractivity contribution < 1.29 is 9.53 Å². The van der Waals surface area contributed by atoms with Gasteiger partial charge in [0.2, 0.25) is 5.91 Å². The van der Waals surface area contributed by atoms with E-state index >= 15 is 0 Å². The van der Waals surface area contributed by atoms with Crippen LogP contribution in [0, 0.1) is 0 Å². The summed E-state index contributed by atoms with van der Waals surface area (Å²) in [5, 5.41) is 2.88. The Hall–Kier alpha value is -2.33. The van der Waals surface area contributed by atoms with Crippen LogP contribution in [0.15, 0.2) is 54.6 Å². The van der Waals surface area contributed by atoms with E-state index in [4.69, 9.17) is 4.74 Å². The summed E-state index contributed by atoms with van der Waals surface area (Å²) in [5.74, 6) is 0.857. The van der Waals surface area contributed by atoms with Crippen LogP contribution in [0.4, 0.5) is 5.69 Å². The van der Waals surface area contributed by atoms with E-state index in [1.54, 1.807) is 0 Å². The molecule has 2 aromatic carbocycles. The largest absolute Gasteiger partial charge is 0.494 e. The van der Waals surface area contributed by atoms with Crippen LogP contribution in [0.25, 0.3) is 0 Å². The average molecular weight is 298 g/mol. The third kappa shape index (κ3) is 5.22. The standard InChI is InChI=1S/C18H22N2O2/c1-3-22-17-11-9-15(10-12-17)13-20(2)14-18(21)19-16-7-5-4-6-8-16/h4-12H,3,13-14H2,1-2H3,(H,19,21). The molecule has 4 heteroatoms. The highest BCUT2D eigenvalue weighted by molar-refractivity contribution is 5.92. The van der Waals surface area contributed by atoms with Gasteiger partial charge in [0.15, 0.2) is 0 Å². The number of carbonyl (C=O) groups is 1. The van der Waals surface area contributed by atoms with Crippen LogP contribution < -0.4 is 10.1 Å². The van der Waals surface area contributed by atoms with Gasteiger partial charge in [-0.2, -0.15) is 0 Å². The third-order valence-electron chi connectivity index (χ3n) is 3.16. The molecule has 0 unspecified atom stereocenters. The maximum Gasteiger partial charge on any atom is 0.238 e. The molecule has 2 rings (SSSR count). The first-order valence-electron chi connectivity index (χ1n) is 7.42. The molecule has 0 bridgehead atoms. The molecule has 1 amide bonds. The van der Waals surface area contributed by atoms with Crippen LogP contribution in [-0.4, -0.2) is 31.0 Å². The molecule has 1 N–H and O–H groups in total. The minimum Gasteiger partial charge on any atom is -0.494 e. The zero-order valence-corrected chi connectivity index (χ0v) is 13.1. The van der Waals surface area contributed by atoms with E-state index in [1.807, 2.05) is 73.5 Å². The number of para-hydroxylation sites is 1. The summed E-state index contributed by atoms with van der Waals surface area (Å²) in [6.45, 7) is 3.70. The molecule has 0 aliphatic carbocycles. The van der Waals surface area contributed by atoms with Crippen LogP contribution >= 0.6 is 0 Å². The van der Waals surface area contributed by atoms with Gasteiger partial charge in [0.25, 0.3) is 0 Å². The molecule has 0 saturated carbocycles. The number of rotatable bonds is 7. The quantitative estimate of drug-likeness (QED) is 0.853. The zero-order chi connectivity index (χ0) is 15.8. The molecular weight excluding hydrogens is 276 g/mol. The molecule has 0 radical (unpaired) electrons.